The minimum Gasteiger partial charge on any atom is -0.489 e. The molecule has 5 heterocycles. The van der Waals surface area contributed by atoms with Crippen molar-refractivity contribution < 1.29 is 9.30 Å². The molecule has 1 atom stereocenters. The van der Waals surface area contributed by atoms with Crippen LogP contribution in [0.4, 0.5) is 28.8 Å². The summed E-state index contributed by atoms with van der Waals surface area (Å²) in [6.07, 6.45) is 4.20. The Balaban J connectivity index is 1.11. The molecule has 43 heavy (non-hydrogen) atoms. The number of nitrogens with zero attached hydrogens (tertiary/aromatic N) is 5. The first-order valence-electron chi connectivity index (χ1n) is 14.9. The van der Waals surface area contributed by atoms with E-state index in [1.807, 2.05) is 30.3 Å². The van der Waals surface area contributed by atoms with Crippen LogP contribution in [0.2, 0.25) is 5.02 Å². The third kappa shape index (κ3) is 5.69. The standard InChI is InChI=1S/C31H38ClN8O2P/c1-38-12-10-21(11-13-38)39-14-15-40-22(18-39)19-42-26-16-20(8-9-25(26)40)34-31-36-29-28(23(32)17-33-29)30(37-31)35-24-6-4-5-7-27(24)43(2,3)41/h4-9,16-17,21-22H,10-15,18-19H2,1-3H3,(H3,33,34,35,36,37)/t22-/m1/s1. The highest BCUT2D eigenvalue weighted by atomic mass is 35.5. The molecule has 4 aromatic rings. The number of ether oxygens (including phenoxy) is 1. The van der Waals surface area contributed by atoms with Crippen LogP contribution < -0.4 is 25.6 Å². The summed E-state index contributed by atoms with van der Waals surface area (Å²) in [6, 6.07) is 14.8. The van der Waals surface area contributed by atoms with Gasteiger partial charge in [-0.05, 0) is 70.6 Å². The lowest BCUT2D eigenvalue weighted by atomic mass is 10.00. The highest BCUT2D eigenvalue weighted by molar-refractivity contribution is 7.70. The molecule has 0 aliphatic carbocycles. The van der Waals surface area contributed by atoms with Gasteiger partial charge in [0.05, 0.1) is 27.8 Å². The fourth-order valence-electron chi connectivity index (χ4n) is 6.61. The molecule has 10 nitrogen and oxygen atoms in total. The molecule has 2 aromatic carbocycles. The Morgan fingerprint density at radius 3 is 2.65 bits per heavy atom. The number of likely N-dealkylation sites (tertiary alicyclic amines) is 1. The highest BCUT2D eigenvalue weighted by Gasteiger charge is 2.36. The Morgan fingerprint density at radius 1 is 1.02 bits per heavy atom. The minimum atomic E-state index is -2.54. The van der Waals surface area contributed by atoms with Crippen LogP contribution in [-0.4, -0.2) is 96.5 Å². The third-order valence-corrected chi connectivity index (χ3v) is 10.7. The molecule has 0 saturated carbocycles. The molecule has 0 amide bonds. The zero-order valence-electron chi connectivity index (χ0n) is 24.8. The Bertz CT molecular complexity index is 1700. The number of aromatic nitrogens is 3. The van der Waals surface area contributed by atoms with Gasteiger partial charge in [-0.25, -0.2) is 0 Å². The van der Waals surface area contributed by atoms with Crippen LogP contribution in [0.5, 0.6) is 5.75 Å². The van der Waals surface area contributed by atoms with E-state index in [1.165, 1.54) is 25.9 Å². The number of piperazine rings is 1. The van der Waals surface area contributed by atoms with Gasteiger partial charge in [0.2, 0.25) is 5.95 Å². The molecule has 2 saturated heterocycles. The van der Waals surface area contributed by atoms with Crippen molar-refractivity contribution in [1.29, 1.82) is 0 Å². The predicted octanol–water partition coefficient (Wildman–Crippen LogP) is 5.32. The fraction of sp³-hybridized carbons (Fsp3) is 0.419. The summed E-state index contributed by atoms with van der Waals surface area (Å²) in [6.45, 7) is 9.70. The Morgan fingerprint density at radius 2 is 1.84 bits per heavy atom. The number of halogens is 1. The van der Waals surface area contributed by atoms with Crippen LogP contribution in [0, 0.1) is 0 Å². The number of fused-ring (bicyclic) bond motifs is 4. The van der Waals surface area contributed by atoms with Gasteiger partial charge >= 0.3 is 0 Å². The molecule has 0 radical (unpaired) electrons. The molecule has 2 aromatic heterocycles. The van der Waals surface area contributed by atoms with E-state index in [4.69, 9.17) is 21.3 Å². The highest BCUT2D eigenvalue weighted by Crippen LogP contribution is 2.41. The Hall–Kier alpha value is -3.30. The van der Waals surface area contributed by atoms with Gasteiger partial charge in [-0.3, -0.25) is 4.90 Å². The van der Waals surface area contributed by atoms with E-state index in [9.17, 15) is 4.57 Å². The number of hydrogen-bond donors (Lipinski definition) is 3. The molecule has 0 spiro atoms. The van der Waals surface area contributed by atoms with Gasteiger partial charge < -0.3 is 34.7 Å². The van der Waals surface area contributed by atoms with Crippen molar-refractivity contribution >= 4 is 63.9 Å². The van der Waals surface area contributed by atoms with E-state index in [0.717, 1.165) is 47.8 Å². The number of H-pyrrole nitrogens is 1. The summed E-state index contributed by atoms with van der Waals surface area (Å²) in [4.78, 5) is 20.2. The lowest BCUT2D eigenvalue weighted by Crippen LogP contribution is -2.60. The summed E-state index contributed by atoms with van der Waals surface area (Å²) in [5, 5.41) is 8.67. The maximum absolute atomic E-state index is 13.0. The fourth-order valence-corrected chi connectivity index (χ4v) is 8.00. The molecule has 2 fully saturated rings. The van der Waals surface area contributed by atoms with E-state index in [0.29, 0.717) is 46.5 Å². The summed E-state index contributed by atoms with van der Waals surface area (Å²) in [7, 11) is -0.317. The number of rotatable bonds is 6. The van der Waals surface area contributed by atoms with Gasteiger partial charge in [0.25, 0.3) is 0 Å². The van der Waals surface area contributed by atoms with Crippen LogP contribution in [-0.2, 0) is 4.57 Å². The second-order valence-electron chi connectivity index (χ2n) is 12.2. The van der Waals surface area contributed by atoms with Crippen LogP contribution in [0.25, 0.3) is 11.0 Å². The molecule has 0 bridgehead atoms. The zero-order valence-corrected chi connectivity index (χ0v) is 26.5. The lowest BCUT2D eigenvalue weighted by Gasteiger charge is -2.48. The van der Waals surface area contributed by atoms with Crippen molar-refractivity contribution in [3.63, 3.8) is 0 Å². The topological polar surface area (TPSA) is 102 Å². The van der Waals surface area contributed by atoms with E-state index in [1.54, 1.807) is 19.5 Å². The minimum absolute atomic E-state index is 0.362. The van der Waals surface area contributed by atoms with E-state index in [-0.39, 0.29) is 0 Å². The van der Waals surface area contributed by atoms with Crippen LogP contribution in [0.3, 0.4) is 0 Å². The average molecular weight is 621 g/mol. The van der Waals surface area contributed by atoms with Crippen LogP contribution in [0.1, 0.15) is 12.8 Å². The lowest BCUT2D eigenvalue weighted by molar-refractivity contribution is 0.0868. The molecule has 12 heteroatoms. The van der Waals surface area contributed by atoms with Crippen molar-refractivity contribution in [2.24, 2.45) is 0 Å². The van der Waals surface area contributed by atoms with E-state index in [2.05, 4.69) is 54.5 Å². The number of para-hydroxylation sites is 1. The second-order valence-corrected chi connectivity index (χ2v) is 15.8. The SMILES string of the molecule is CN1CCC(N2CCN3c4ccc(Nc5nc(Nc6ccccc6P(C)(C)=O)c6c(Cl)c[nH]c6n5)cc4OC[C@H]3C2)CC1. The van der Waals surface area contributed by atoms with Crippen LogP contribution in [0.15, 0.2) is 48.7 Å². The van der Waals surface area contributed by atoms with Gasteiger partial charge in [0.1, 0.15) is 31.0 Å². The molecule has 3 aliphatic heterocycles. The zero-order chi connectivity index (χ0) is 29.7. The summed E-state index contributed by atoms with van der Waals surface area (Å²) in [5.41, 5.74) is 3.29. The Labute approximate surface area is 257 Å². The summed E-state index contributed by atoms with van der Waals surface area (Å²) in [5.74, 6) is 1.80. The molecule has 3 aliphatic rings. The average Bonchev–Trinajstić information content (AvgIpc) is 3.37. The predicted molar refractivity (Wildman–Crippen MR) is 176 cm³/mol. The quantitative estimate of drug-likeness (QED) is 0.247. The van der Waals surface area contributed by atoms with Gasteiger partial charge in [0.15, 0.2) is 0 Å². The first kappa shape index (κ1) is 28.5. The smallest absolute Gasteiger partial charge is 0.231 e. The van der Waals surface area contributed by atoms with Crippen molar-refractivity contribution in [3.8, 4) is 5.75 Å². The van der Waals surface area contributed by atoms with Crippen LogP contribution >= 0.6 is 18.7 Å². The molecule has 0 unspecified atom stereocenters. The molecular formula is C31H38ClN8O2P. The first-order chi connectivity index (χ1) is 20.7. The van der Waals surface area contributed by atoms with Gasteiger partial charge in [0, 0.05) is 48.9 Å². The second kappa shape index (κ2) is 11.3. The van der Waals surface area contributed by atoms with Crippen molar-refractivity contribution in [2.75, 3.05) is 75.2 Å². The van der Waals surface area contributed by atoms with E-state index >= 15 is 0 Å². The number of hydrogen-bond acceptors (Lipinski definition) is 9. The van der Waals surface area contributed by atoms with Crippen molar-refractivity contribution in [1.82, 2.24) is 24.8 Å². The molecule has 3 N–H and O–H groups in total. The number of anilines is 5. The molecule has 7 rings (SSSR count). The number of nitrogens with one attached hydrogen (secondary N) is 3. The summed E-state index contributed by atoms with van der Waals surface area (Å²) < 4.78 is 19.3. The maximum Gasteiger partial charge on any atom is 0.231 e. The van der Waals surface area contributed by atoms with Gasteiger partial charge in [-0.2, -0.15) is 9.97 Å². The van der Waals surface area contributed by atoms with Gasteiger partial charge in [-0.1, -0.05) is 23.7 Å². The maximum atomic E-state index is 13.0. The van der Waals surface area contributed by atoms with Crippen molar-refractivity contribution in [3.05, 3.63) is 53.7 Å². The normalized spacial score (nSPS) is 20.0. The molecule has 226 valence electrons. The number of aromatic amines is 1. The van der Waals surface area contributed by atoms with Crippen molar-refractivity contribution in [2.45, 2.75) is 24.9 Å². The Kier molecular flexibility index (Phi) is 7.50. The third-order valence-electron chi connectivity index (χ3n) is 8.90. The van der Waals surface area contributed by atoms with Gasteiger partial charge in [-0.15, -0.1) is 0 Å². The van der Waals surface area contributed by atoms with E-state index < -0.39 is 7.14 Å². The first-order valence-corrected chi connectivity index (χ1v) is 17.9. The monoisotopic (exact) mass is 620 g/mol. The number of piperidine rings is 1. The summed E-state index contributed by atoms with van der Waals surface area (Å²) >= 11 is 6.53. The molecular weight excluding hydrogens is 583 g/mol. The largest absolute Gasteiger partial charge is 0.489 e. The number of benzene rings is 2.